The summed E-state index contributed by atoms with van der Waals surface area (Å²) in [5.41, 5.74) is 1.47. The summed E-state index contributed by atoms with van der Waals surface area (Å²) in [4.78, 5) is 28.1. The zero-order chi connectivity index (χ0) is 37.7. The van der Waals surface area contributed by atoms with Crippen molar-refractivity contribution in [1.82, 2.24) is 9.55 Å². The van der Waals surface area contributed by atoms with E-state index >= 15 is 0 Å². The average Bonchev–Trinajstić information content (AvgIpc) is 3.55. The van der Waals surface area contributed by atoms with Gasteiger partial charge in [-0.25, -0.2) is 4.79 Å². The van der Waals surface area contributed by atoms with Gasteiger partial charge in [-0.2, -0.15) is 0 Å². The zero-order valence-corrected chi connectivity index (χ0v) is 29.9. The SMILES string of the molecule is O=c1ccn([C@@H]2O[C@H](COC(c3ccccc3)(c3ccccc3)c3ccccc3)[C@@H](O)[C@H]2OC(c2ccccc2)(c2ccccc2)c2ccccc2)c(=O)[nH]1. The maximum Gasteiger partial charge on any atom is 0.330 e. The third-order valence-corrected chi connectivity index (χ3v) is 10.3. The van der Waals surface area contributed by atoms with Gasteiger partial charge in [-0.3, -0.25) is 14.3 Å². The third-order valence-electron chi connectivity index (χ3n) is 10.3. The summed E-state index contributed by atoms with van der Waals surface area (Å²) in [6.45, 7) is -0.0939. The third kappa shape index (κ3) is 6.77. The van der Waals surface area contributed by atoms with Crippen LogP contribution < -0.4 is 11.2 Å². The van der Waals surface area contributed by atoms with Crippen LogP contribution in [-0.4, -0.2) is 39.6 Å². The standard InChI is InChI=1S/C47H40N2O6/c50-41-31-32-49(45(52)48-41)44-43(55-47(37-25-13-4-14-26-37,38-27-15-5-16-28-38)39-29-17-6-18-30-39)42(51)40(54-44)33-53-46(34-19-7-1-8-20-34,35-21-9-2-10-22-35)36-23-11-3-12-24-36/h1-32,40,42-44,51H,33H2,(H,48,50,52)/t40-,42-,43-,44-/m1/s1. The van der Waals surface area contributed by atoms with Crippen LogP contribution in [-0.2, 0) is 25.4 Å². The average molecular weight is 729 g/mol. The highest BCUT2D eigenvalue weighted by Crippen LogP contribution is 2.46. The first-order chi connectivity index (χ1) is 27.0. The van der Waals surface area contributed by atoms with E-state index in [9.17, 15) is 14.7 Å². The van der Waals surface area contributed by atoms with Crippen molar-refractivity contribution in [3.63, 3.8) is 0 Å². The molecule has 1 aliphatic heterocycles. The molecule has 7 aromatic rings. The molecular weight excluding hydrogens is 689 g/mol. The fourth-order valence-corrected chi connectivity index (χ4v) is 7.74. The molecule has 1 fully saturated rings. The second-order valence-corrected chi connectivity index (χ2v) is 13.5. The maximum absolute atomic E-state index is 13.5. The van der Waals surface area contributed by atoms with Crippen molar-refractivity contribution in [2.24, 2.45) is 0 Å². The van der Waals surface area contributed by atoms with Gasteiger partial charge < -0.3 is 19.3 Å². The van der Waals surface area contributed by atoms with E-state index in [0.717, 1.165) is 33.4 Å². The first-order valence-electron chi connectivity index (χ1n) is 18.3. The van der Waals surface area contributed by atoms with Crippen LogP contribution in [0.25, 0.3) is 0 Å². The van der Waals surface area contributed by atoms with Crippen LogP contribution in [0, 0.1) is 0 Å². The van der Waals surface area contributed by atoms with Crippen LogP contribution in [0.1, 0.15) is 39.6 Å². The van der Waals surface area contributed by atoms with Gasteiger partial charge in [0.25, 0.3) is 5.56 Å². The number of H-pyrrole nitrogens is 1. The smallest absolute Gasteiger partial charge is 0.330 e. The number of aromatic nitrogens is 2. The molecule has 2 N–H and O–H groups in total. The fraction of sp³-hybridized carbons (Fsp3) is 0.149. The monoisotopic (exact) mass is 728 g/mol. The molecule has 0 saturated carbocycles. The summed E-state index contributed by atoms with van der Waals surface area (Å²) in [5.74, 6) is 0. The molecule has 8 nitrogen and oxygen atoms in total. The number of ether oxygens (including phenoxy) is 3. The minimum atomic E-state index is -1.31. The van der Waals surface area contributed by atoms with Gasteiger partial charge in [-0.05, 0) is 33.4 Å². The first-order valence-corrected chi connectivity index (χ1v) is 18.3. The molecule has 0 radical (unpaired) electrons. The Morgan fingerprint density at radius 2 is 0.909 bits per heavy atom. The van der Waals surface area contributed by atoms with Crippen LogP contribution >= 0.6 is 0 Å². The van der Waals surface area contributed by atoms with E-state index in [1.165, 1.54) is 16.8 Å². The van der Waals surface area contributed by atoms with Crippen molar-refractivity contribution < 1.29 is 19.3 Å². The Morgan fingerprint density at radius 1 is 0.545 bits per heavy atom. The Kier molecular flexibility index (Phi) is 10.2. The summed E-state index contributed by atoms with van der Waals surface area (Å²) in [5, 5.41) is 12.5. The molecule has 8 rings (SSSR count). The Labute approximate surface area is 318 Å². The Balaban J connectivity index is 1.26. The number of aromatic amines is 1. The predicted octanol–water partition coefficient (Wildman–Crippen LogP) is 7.18. The topological polar surface area (TPSA) is 103 Å². The second-order valence-electron chi connectivity index (χ2n) is 13.5. The zero-order valence-electron chi connectivity index (χ0n) is 29.9. The molecule has 6 aromatic carbocycles. The second kappa shape index (κ2) is 15.7. The molecule has 274 valence electrons. The molecule has 55 heavy (non-hydrogen) atoms. The quantitative estimate of drug-likeness (QED) is 0.129. The minimum absolute atomic E-state index is 0.0939. The van der Waals surface area contributed by atoms with Gasteiger partial charge in [0, 0.05) is 12.3 Å². The van der Waals surface area contributed by atoms with E-state index in [4.69, 9.17) is 14.2 Å². The number of aliphatic hydroxyl groups excluding tert-OH is 1. The molecule has 0 amide bonds. The highest BCUT2D eigenvalue weighted by Gasteiger charge is 2.52. The number of hydrogen-bond donors (Lipinski definition) is 2. The van der Waals surface area contributed by atoms with E-state index in [1.807, 2.05) is 182 Å². The molecular formula is C47H40N2O6. The number of rotatable bonds is 12. The first kappa shape index (κ1) is 35.8. The van der Waals surface area contributed by atoms with Crippen molar-refractivity contribution in [3.05, 3.63) is 248 Å². The normalized spacial score (nSPS) is 18.6. The fourth-order valence-electron chi connectivity index (χ4n) is 7.74. The molecule has 0 unspecified atom stereocenters. The van der Waals surface area contributed by atoms with E-state index in [0.29, 0.717) is 0 Å². The number of aliphatic hydroxyl groups is 1. The summed E-state index contributed by atoms with van der Waals surface area (Å²) in [6.07, 6.45) is -3.22. The van der Waals surface area contributed by atoms with E-state index in [-0.39, 0.29) is 6.61 Å². The molecule has 1 saturated heterocycles. The highest BCUT2D eigenvalue weighted by molar-refractivity contribution is 5.49. The molecule has 0 bridgehead atoms. The molecule has 1 aliphatic rings. The van der Waals surface area contributed by atoms with E-state index in [1.54, 1.807) is 0 Å². The van der Waals surface area contributed by atoms with Gasteiger partial charge in [-0.1, -0.05) is 182 Å². The number of benzene rings is 6. The highest BCUT2D eigenvalue weighted by atomic mass is 16.6. The van der Waals surface area contributed by atoms with E-state index < -0.39 is 47.0 Å². The molecule has 2 heterocycles. The van der Waals surface area contributed by atoms with E-state index in [2.05, 4.69) is 4.98 Å². The Bertz CT molecular complexity index is 2210. The summed E-state index contributed by atoms with van der Waals surface area (Å²) >= 11 is 0. The molecule has 1 aromatic heterocycles. The van der Waals surface area contributed by atoms with Gasteiger partial charge in [-0.15, -0.1) is 0 Å². The van der Waals surface area contributed by atoms with Crippen LogP contribution in [0.15, 0.2) is 204 Å². The number of hydrogen-bond acceptors (Lipinski definition) is 6. The number of nitrogens with one attached hydrogen (secondary N) is 1. The maximum atomic E-state index is 13.5. The van der Waals surface area contributed by atoms with Crippen LogP contribution in [0.5, 0.6) is 0 Å². The Morgan fingerprint density at radius 3 is 1.27 bits per heavy atom. The van der Waals surface area contributed by atoms with Crippen molar-refractivity contribution in [1.29, 1.82) is 0 Å². The van der Waals surface area contributed by atoms with Gasteiger partial charge in [0.1, 0.15) is 29.5 Å². The lowest BCUT2D eigenvalue weighted by molar-refractivity contribution is -0.125. The van der Waals surface area contributed by atoms with Gasteiger partial charge >= 0.3 is 5.69 Å². The van der Waals surface area contributed by atoms with Crippen molar-refractivity contribution >= 4 is 0 Å². The van der Waals surface area contributed by atoms with Crippen molar-refractivity contribution in [2.75, 3.05) is 6.61 Å². The summed E-state index contributed by atoms with van der Waals surface area (Å²) in [6, 6.07) is 60.5. The largest absolute Gasteiger partial charge is 0.387 e. The number of nitrogens with zero attached hydrogens (tertiary/aromatic N) is 1. The van der Waals surface area contributed by atoms with Crippen LogP contribution in [0.3, 0.4) is 0 Å². The lowest BCUT2D eigenvalue weighted by atomic mass is 9.79. The van der Waals surface area contributed by atoms with Crippen molar-refractivity contribution in [3.8, 4) is 0 Å². The lowest BCUT2D eigenvalue weighted by Crippen LogP contribution is -2.46. The van der Waals surface area contributed by atoms with Gasteiger partial charge in [0.15, 0.2) is 6.23 Å². The lowest BCUT2D eigenvalue weighted by Gasteiger charge is -2.40. The molecule has 0 spiro atoms. The minimum Gasteiger partial charge on any atom is -0.387 e. The van der Waals surface area contributed by atoms with Crippen LogP contribution in [0.2, 0.25) is 0 Å². The molecule has 4 atom stereocenters. The van der Waals surface area contributed by atoms with Gasteiger partial charge in [0.2, 0.25) is 0 Å². The predicted molar refractivity (Wildman–Crippen MR) is 210 cm³/mol. The van der Waals surface area contributed by atoms with Crippen molar-refractivity contribution in [2.45, 2.75) is 35.7 Å². The molecule has 8 heteroatoms. The summed E-state index contributed by atoms with van der Waals surface area (Å²) < 4.78 is 22.4. The van der Waals surface area contributed by atoms with Gasteiger partial charge in [0.05, 0.1) is 6.61 Å². The summed E-state index contributed by atoms with van der Waals surface area (Å²) in [7, 11) is 0. The Hall–Kier alpha value is -6.16. The van der Waals surface area contributed by atoms with Crippen LogP contribution in [0.4, 0.5) is 0 Å². The molecule has 0 aliphatic carbocycles.